The molecule has 1 aliphatic heterocycles. The Labute approximate surface area is 168 Å². The summed E-state index contributed by atoms with van der Waals surface area (Å²) in [5.74, 6) is -0.197. The first-order valence-corrected chi connectivity index (χ1v) is 10.2. The van der Waals surface area contributed by atoms with Gasteiger partial charge in [-0.05, 0) is 54.7 Å². The molecule has 1 aliphatic rings. The van der Waals surface area contributed by atoms with Crippen molar-refractivity contribution in [2.75, 3.05) is 13.2 Å². The summed E-state index contributed by atoms with van der Waals surface area (Å²) < 4.78 is 14.4. The van der Waals surface area contributed by atoms with E-state index in [-0.39, 0.29) is 24.4 Å². The van der Waals surface area contributed by atoms with Gasteiger partial charge in [-0.1, -0.05) is 47.1 Å². The number of amides is 1. The molecule has 2 atom stereocenters. The molecular formula is C22H25BrFNO2. The molecular weight excluding hydrogens is 409 g/mol. The lowest BCUT2D eigenvalue weighted by molar-refractivity contribution is -0.139. The fourth-order valence-electron chi connectivity index (χ4n) is 4.21. The zero-order valence-corrected chi connectivity index (χ0v) is 17.1. The van der Waals surface area contributed by atoms with Crippen LogP contribution in [0.1, 0.15) is 49.8 Å². The van der Waals surface area contributed by atoms with E-state index in [0.717, 1.165) is 28.4 Å². The van der Waals surface area contributed by atoms with Crippen LogP contribution in [0.2, 0.25) is 0 Å². The summed E-state index contributed by atoms with van der Waals surface area (Å²) in [6.45, 7) is 2.73. The molecule has 1 heterocycles. The normalized spacial score (nSPS) is 21.3. The smallest absolute Gasteiger partial charge is 0.223 e. The molecule has 5 heteroatoms. The van der Waals surface area contributed by atoms with Crippen molar-refractivity contribution in [3.63, 3.8) is 0 Å². The standard InChI is InChI=1S/C22H25BrFNO2/c1-2-20(16-3-7-18(23)8-4-16)25-13-11-22(12-14-26,15-21(25)27)17-5-9-19(24)10-6-17/h3-10,20,26H,2,11-15H2,1H3/t20-,22?/m0/s1. The molecule has 2 aromatic carbocycles. The predicted octanol–water partition coefficient (Wildman–Crippen LogP) is 4.98. The van der Waals surface area contributed by atoms with Crippen molar-refractivity contribution in [2.45, 2.75) is 44.1 Å². The first-order chi connectivity index (χ1) is 13.0. The summed E-state index contributed by atoms with van der Waals surface area (Å²) in [4.78, 5) is 15.1. The van der Waals surface area contributed by atoms with Crippen LogP contribution in [0.15, 0.2) is 53.0 Å². The lowest BCUT2D eigenvalue weighted by Gasteiger charge is -2.44. The van der Waals surface area contributed by atoms with Crippen LogP contribution in [0, 0.1) is 5.82 Å². The zero-order chi connectivity index (χ0) is 19.4. The molecule has 0 aliphatic carbocycles. The van der Waals surface area contributed by atoms with Gasteiger partial charge in [0.2, 0.25) is 5.91 Å². The van der Waals surface area contributed by atoms with Crippen LogP contribution >= 0.6 is 15.9 Å². The second-order valence-corrected chi connectivity index (χ2v) is 8.17. The van der Waals surface area contributed by atoms with Gasteiger partial charge in [-0.2, -0.15) is 0 Å². The summed E-state index contributed by atoms with van der Waals surface area (Å²) in [6.07, 6.45) is 2.45. The fraction of sp³-hybridized carbons (Fsp3) is 0.409. The summed E-state index contributed by atoms with van der Waals surface area (Å²) in [5.41, 5.74) is 1.64. The SMILES string of the molecule is CC[C@@H](c1ccc(Br)cc1)N1CCC(CCO)(c2ccc(F)cc2)CC1=O. The predicted molar refractivity (Wildman–Crippen MR) is 108 cm³/mol. The van der Waals surface area contributed by atoms with E-state index in [2.05, 4.69) is 35.0 Å². The number of likely N-dealkylation sites (tertiary alicyclic amines) is 1. The second kappa shape index (κ2) is 8.53. The topological polar surface area (TPSA) is 40.5 Å². The fourth-order valence-corrected chi connectivity index (χ4v) is 4.48. The summed E-state index contributed by atoms with van der Waals surface area (Å²) in [7, 11) is 0. The van der Waals surface area contributed by atoms with Crippen LogP contribution in [0.3, 0.4) is 0 Å². The van der Waals surface area contributed by atoms with Gasteiger partial charge in [-0.3, -0.25) is 4.79 Å². The van der Waals surface area contributed by atoms with Crippen molar-refractivity contribution in [2.24, 2.45) is 0 Å². The van der Waals surface area contributed by atoms with Crippen LogP contribution in [-0.2, 0) is 10.2 Å². The molecule has 1 fully saturated rings. The Morgan fingerprint density at radius 3 is 2.41 bits per heavy atom. The molecule has 3 rings (SSSR count). The number of benzene rings is 2. The van der Waals surface area contributed by atoms with E-state index < -0.39 is 5.41 Å². The molecule has 1 amide bonds. The summed E-state index contributed by atoms with van der Waals surface area (Å²) in [6, 6.07) is 14.5. The third-order valence-corrected chi connectivity index (χ3v) is 6.23. The average molecular weight is 434 g/mol. The minimum Gasteiger partial charge on any atom is -0.396 e. The number of hydrogen-bond donors (Lipinski definition) is 1. The van der Waals surface area contributed by atoms with Gasteiger partial charge in [0.25, 0.3) is 0 Å². The van der Waals surface area contributed by atoms with E-state index >= 15 is 0 Å². The Kier molecular flexibility index (Phi) is 6.33. The quantitative estimate of drug-likeness (QED) is 0.697. The molecule has 27 heavy (non-hydrogen) atoms. The molecule has 1 saturated heterocycles. The lowest BCUT2D eigenvalue weighted by atomic mass is 9.70. The lowest BCUT2D eigenvalue weighted by Crippen LogP contribution is -2.48. The van der Waals surface area contributed by atoms with Gasteiger partial charge < -0.3 is 10.0 Å². The van der Waals surface area contributed by atoms with Gasteiger partial charge in [0.05, 0.1) is 6.04 Å². The molecule has 2 aromatic rings. The second-order valence-electron chi connectivity index (χ2n) is 7.25. The van der Waals surface area contributed by atoms with Crippen molar-refractivity contribution in [1.29, 1.82) is 0 Å². The molecule has 0 saturated carbocycles. The minimum atomic E-state index is -0.423. The van der Waals surface area contributed by atoms with E-state index in [1.165, 1.54) is 12.1 Å². The third-order valence-electron chi connectivity index (χ3n) is 5.71. The van der Waals surface area contributed by atoms with Crippen molar-refractivity contribution < 1.29 is 14.3 Å². The number of carbonyl (C=O) groups excluding carboxylic acids is 1. The van der Waals surface area contributed by atoms with Crippen LogP contribution in [0.25, 0.3) is 0 Å². The van der Waals surface area contributed by atoms with E-state index in [1.54, 1.807) is 12.1 Å². The maximum atomic E-state index is 13.3. The van der Waals surface area contributed by atoms with Gasteiger partial charge in [-0.25, -0.2) is 4.39 Å². The Hall–Kier alpha value is -1.72. The summed E-state index contributed by atoms with van der Waals surface area (Å²) in [5, 5.41) is 9.61. The van der Waals surface area contributed by atoms with E-state index in [1.807, 2.05) is 17.0 Å². The molecule has 0 bridgehead atoms. The zero-order valence-electron chi connectivity index (χ0n) is 15.5. The van der Waals surface area contributed by atoms with Crippen LogP contribution in [-0.4, -0.2) is 29.1 Å². The van der Waals surface area contributed by atoms with E-state index in [4.69, 9.17) is 0 Å². The maximum Gasteiger partial charge on any atom is 0.223 e. The third kappa shape index (κ3) is 4.25. The highest BCUT2D eigenvalue weighted by Gasteiger charge is 2.41. The molecule has 3 nitrogen and oxygen atoms in total. The molecule has 0 aromatic heterocycles. The first-order valence-electron chi connectivity index (χ1n) is 9.41. The van der Waals surface area contributed by atoms with E-state index in [9.17, 15) is 14.3 Å². The van der Waals surface area contributed by atoms with E-state index in [0.29, 0.717) is 19.4 Å². The largest absolute Gasteiger partial charge is 0.396 e. The first kappa shape index (κ1) is 20.0. The highest BCUT2D eigenvalue weighted by molar-refractivity contribution is 9.10. The van der Waals surface area contributed by atoms with Gasteiger partial charge in [0, 0.05) is 29.5 Å². The molecule has 0 radical (unpaired) electrons. The number of halogens is 2. The Morgan fingerprint density at radius 2 is 1.85 bits per heavy atom. The Bertz CT molecular complexity index is 778. The van der Waals surface area contributed by atoms with Crippen molar-refractivity contribution in [3.05, 3.63) is 69.9 Å². The van der Waals surface area contributed by atoms with Gasteiger partial charge in [0.15, 0.2) is 0 Å². The number of carbonyl (C=O) groups is 1. The van der Waals surface area contributed by atoms with Crippen molar-refractivity contribution in [1.82, 2.24) is 4.90 Å². The van der Waals surface area contributed by atoms with Crippen molar-refractivity contribution in [3.8, 4) is 0 Å². The molecule has 1 unspecified atom stereocenters. The minimum absolute atomic E-state index is 0.00851. The van der Waals surface area contributed by atoms with Crippen LogP contribution < -0.4 is 0 Å². The Balaban J connectivity index is 1.85. The highest BCUT2D eigenvalue weighted by Crippen LogP contribution is 2.41. The number of piperidine rings is 1. The number of nitrogens with zero attached hydrogens (tertiary/aromatic N) is 1. The number of aliphatic hydroxyl groups excluding tert-OH is 1. The van der Waals surface area contributed by atoms with Crippen molar-refractivity contribution >= 4 is 21.8 Å². The maximum absolute atomic E-state index is 13.3. The Morgan fingerprint density at radius 1 is 1.19 bits per heavy atom. The monoisotopic (exact) mass is 433 g/mol. The van der Waals surface area contributed by atoms with Crippen LogP contribution in [0.5, 0.6) is 0 Å². The molecule has 144 valence electrons. The number of aliphatic hydroxyl groups is 1. The van der Waals surface area contributed by atoms with Gasteiger partial charge >= 0.3 is 0 Å². The van der Waals surface area contributed by atoms with Gasteiger partial charge in [0.1, 0.15) is 5.82 Å². The average Bonchev–Trinajstić information content (AvgIpc) is 2.66. The number of hydrogen-bond acceptors (Lipinski definition) is 2. The molecule has 1 N–H and O–H groups in total. The molecule has 0 spiro atoms. The van der Waals surface area contributed by atoms with Gasteiger partial charge in [-0.15, -0.1) is 0 Å². The highest BCUT2D eigenvalue weighted by atomic mass is 79.9. The van der Waals surface area contributed by atoms with Crippen LogP contribution in [0.4, 0.5) is 4.39 Å². The number of rotatable bonds is 6. The summed E-state index contributed by atoms with van der Waals surface area (Å²) >= 11 is 3.46.